The molecule has 0 bridgehead atoms. The van der Waals surface area contributed by atoms with Gasteiger partial charge in [0.1, 0.15) is 6.07 Å². The first-order chi connectivity index (χ1) is 12.6. The van der Waals surface area contributed by atoms with Gasteiger partial charge in [-0.3, -0.25) is 0 Å². The average molecular weight is 360 g/mol. The van der Waals surface area contributed by atoms with Crippen molar-refractivity contribution in [2.45, 2.75) is 83.5 Å². The Bertz CT molecular complexity index is 632. The molecule has 0 radical (unpaired) electrons. The lowest BCUT2D eigenvalue weighted by atomic mass is 9.74. The first-order valence-corrected chi connectivity index (χ1v) is 10.5. The molecule has 3 rings (SSSR count). The molecule has 142 valence electrons. The fourth-order valence-electron chi connectivity index (χ4n) is 5.13. The van der Waals surface area contributed by atoms with E-state index in [1.165, 1.54) is 51.0 Å². The number of benzene rings is 1. The molecule has 0 unspecified atom stereocenters. The van der Waals surface area contributed by atoms with Crippen LogP contribution >= 0.6 is 0 Å². The van der Waals surface area contributed by atoms with Crippen LogP contribution in [-0.2, 0) is 0 Å². The van der Waals surface area contributed by atoms with Crippen LogP contribution in [0.25, 0.3) is 0 Å². The first kappa shape index (κ1) is 19.3. The molecule has 2 fully saturated rings. The Morgan fingerprint density at radius 2 is 1.38 bits per heavy atom. The van der Waals surface area contributed by atoms with Gasteiger partial charge in [0.2, 0.25) is 0 Å². The van der Waals surface area contributed by atoms with Crippen molar-refractivity contribution in [3.63, 3.8) is 0 Å². The van der Waals surface area contributed by atoms with E-state index in [2.05, 4.69) is 6.92 Å². The number of hydrogen-bond donors (Lipinski definition) is 0. The molecule has 0 spiro atoms. The fraction of sp³-hybridized carbons (Fsp3) is 0.696. The van der Waals surface area contributed by atoms with Gasteiger partial charge in [0.15, 0.2) is 11.6 Å². The molecule has 0 aromatic heterocycles. The van der Waals surface area contributed by atoms with E-state index in [9.17, 15) is 8.78 Å². The lowest BCUT2D eigenvalue weighted by Crippen LogP contribution is -2.18. The van der Waals surface area contributed by atoms with Gasteiger partial charge in [-0.25, -0.2) is 8.78 Å². The van der Waals surface area contributed by atoms with Gasteiger partial charge in [-0.2, -0.15) is 5.26 Å². The molecule has 0 amide bonds. The van der Waals surface area contributed by atoms with Gasteiger partial charge in [0.05, 0.1) is 5.56 Å². The summed E-state index contributed by atoms with van der Waals surface area (Å²) in [5.74, 6) is 0.954. The monoisotopic (exact) mass is 359 g/mol. The minimum absolute atomic E-state index is 0.105. The molecule has 1 nitrogen and oxygen atoms in total. The highest BCUT2D eigenvalue weighted by atomic mass is 19.2. The maximum absolute atomic E-state index is 14.3. The van der Waals surface area contributed by atoms with Crippen molar-refractivity contribution >= 4 is 0 Å². The zero-order valence-corrected chi connectivity index (χ0v) is 15.9. The van der Waals surface area contributed by atoms with E-state index in [4.69, 9.17) is 5.26 Å². The standard InChI is InChI=1S/C23H31F2N/c1-2-16-3-5-17(6-4-16)7-8-18-9-11-19(12-10-18)21-14-13-20(15-26)22(24)23(21)25/h13-14,16-19H,2-12H2,1H3/t16-,17-,18-,19-. The third-order valence-corrected chi connectivity index (χ3v) is 7.05. The molecule has 0 heterocycles. The van der Waals surface area contributed by atoms with E-state index in [1.54, 1.807) is 12.1 Å². The molecule has 26 heavy (non-hydrogen) atoms. The Morgan fingerprint density at radius 3 is 1.92 bits per heavy atom. The van der Waals surface area contributed by atoms with Crippen LogP contribution in [-0.4, -0.2) is 0 Å². The summed E-state index contributed by atoms with van der Waals surface area (Å²) in [6.07, 6.45) is 13.8. The number of nitriles is 1. The molecule has 2 saturated carbocycles. The third kappa shape index (κ3) is 4.45. The normalized spacial score (nSPS) is 29.3. The van der Waals surface area contributed by atoms with Crippen LogP contribution in [0, 0.1) is 40.7 Å². The Hall–Kier alpha value is -1.43. The third-order valence-electron chi connectivity index (χ3n) is 7.05. The highest BCUT2D eigenvalue weighted by Crippen LogP contribution is 2.41. The molecule has 3 heteroatoms. The summed E-state index contributed by atoms with van der Waals surface area (Å²) < 4.78 is 28.1. The maximum atomic E-state index is 14.3. The number of halogens is 2. The molecule has 0 aliphatic heterocycles. The number of rotatable bonds is 5. The molecule has 0 saturated heterocycles. The summed E-state index contributed by atoms with van der Waals surface area (Å²) in [5, 5.41) is 8.82. The minimum Gasteiger partial charge on any atom is -0.203 e. The Kier molecular flexibility index (Phi) is 6.68. The van der Waals surface area contributed by atoms with E-state index < -0.39 is 11.6 Å². The van der Waals surface area contributed by atoms with Gasteiger partial charge in [-0.05, 0) is 61.0 Å². The highest BCUT2D eigenvalue weighted by Gasteiger charge is 2.27. The lowest BCUT2D eigenvalue weighted by Gasteiger charge is -2.32. The molecule has 1 aromatic carbocycles. The Labute approximate surface area is 156 Å². The van der Waals surface area contributed by atoms with Crippen LogP contribution in [0.1, 0.15) is 94.6 Å². The van der Waals surface area contributed by atoms with Gasteiger partial charge in [0, 0.05) is 0 Å². The predicted octanol–water partition coefficient (Wildman–Crippen LogP) is 7.11. The second-order valence-corrected chi connectivity index (χ2v) is 8.53. The van der Waals surface area contributed by atoms with Gasteiger partial charge in [0.25, 0.3) is 0 Å². The summed E-state index contributed by atoms with van der Waals surface area (Å²) in [4.78, 5) is 0. The van der Waals surface area contributed by atoms with E-state index in [1.807, 2.05) is 0 Å². The second-order valence-electron chi connectivity index (χ2n) is 8.53. The van der Waals surface area contributed by atoms with Crippen molar-refractivity contribution in [3.8, 4) is 6.07 Å². The largest absolute Gasteiger partial charge is 0.203 e. The highest BCUT2D eigenvalue weighted by molar-refractivity contribution is 5.36. The number of nitrogens with zero attached hydrogens (tertiary/aromatic N) is 1. The van der Waals surface area contributed by atoms with Crippen LogP contribution in [0.5, 0.6) is 0 Å². The topological polar surface area (TPSA) is 23.8 Å². The Morgan fingerprint density at radius 1 is 0.846 bits per heavy atom. The first-order valence-electron chi connectivity index (χ1n) is 10.5. The SMILES string of the molecule is CC[C@H]1CC[C@H](CC[C@H]2CC[C@H](c3ccc(C#N)c(F)c3F)CC2)CC1. The fourth-order valence-corrected chi connectivity index (χ4v) is 5.13. The summed E-state index contributed by atoms with van der Waals surface area (Å²) in [6.45, 7) is 2.31. The molecular formula is C23H31F2N. The van der Waals surface area contributed by atoms with Gasteiger partial charge < -0.3 is 0 Å². The summed E-state index contributed by atoms with van der Waals surface area (Å²) in [7, 11) is 0. The van der Waals surface area contributed by atoms with Crippen LogP contribution in [0.4, 0.5) is 8.78 Å². The summed E-state index contributed by atoms with van der Waals surface area (Å²) in [5.41, 5.74) is 0.274. The van der Waals surface area contributed by atoms with E-state index in [0.717, 1.165) is 43.4 Å². The minimum atomic E-state index is -0.977. The molecule has 1 aromatic rings. The second kappa shape index (κ2) is 8.98. The zero-order valence-electron chi connectivity index (χ0n) is 15.9. The van der Waals surface area contributed by atoms with Crippen molar-refractivity contribution in [3.05, 3.63) is 34.9 Å². The van der Waals surface area contributed by atoms with Crippen molar-refractivity contribution in [2.24, 2.45) is 17.8 Å². The van der Waals surface area contributed by atoms with E-state index in [0.29, 0.717) is 5.56 Å². The van der Waals surface area contributed by atoms with Gasteiger partial charge in [-0.1, -0.05) is 57.9 Å². The van der Waals surface area contributed by atoms with E-state index in [-0.39, 0.29) is 11.5 Å². The van der Waals surface area contributed by atoms with Crippen LogP contribution in [0.2, 0.25) is 0 Å². The maximum Gasteiger partial charge on any atom is 0.176 e. The molecule has 0 N–H and O–H groups in total. The van der Waals surface area contributed by atoms with Crippen LogP contribution in [0.3, 0.4) is 0 Å². The lowest BCUT2D eigenvalue weighted by molar-refractivity contribution is 0.227. The molecule has 0 atom stereocenters. The van der Waals surface area contributed by atoms with Crippen LogP contribution in [0.15, 0.2) is 12.1 Å². The van der Waals surface area contributed by atoms with Gasteiger partial charge in [-0.15, -0.1) is 0 Å². The van der Waals surface area contributed by atoms with Crippen molar-refractivity contribution in [1.29, 1.82) is 5.26 Å². The van der Waals surface area contributed by atoms with E-state index >= 15 is 0 Å². The van der Waals surface area contributed by atoms with Crippen molar-refractivity contribution in [2.75, 3.05) is 0 Å². The quantitative estimate of drug-likeness (QED) is 0.549. The molecular weight excluding hydrogens is 328 g/mol. The average Bonchev–Trinajstić information content (AvgIpc) is 2.69. The van der Waals surface area contributed by atoms with Crippen LogP contribution < -0.4 is 0 Å². The predicted molar refractivity (Wildman–Crippen MR) is 101 cm³/mol. The zero-order chi connectivity index (χ0) is 18.5. The molecule has 2 aliphatic rings. The smallest absolute Gasteiger partial charge is 0.176 e. The number of hydrogen-bond acceptors (Lipinski definition) is 1. The van der Waals surface area contributed by atoms with Gasteiger partial charge >= 0.3 is 0 Å². The summed E-state index contributed by atoms with van der Waals surface area (Å²) >= 11 is 0. The Balaban J connectivity index is 1.46. The molecule has 2 aliphatic carbocycles. The van der Waals surface area contributed by atoms with Crippen molar-refractivity contribution in [1.82, 2.24) is 0 Å². The summed E-state index contributed by atoms with van der Waals surface area (Å²) in [6, 6.07) is 4.75. The van der Waals surface area contributed by atoms with Crippen molar-refractivity contribution < 1.29 is 8.78 Å².